The minimum absolute atomic E-state index is 0.200. The van der Waals surface area contributed by atoms with Crippen molar-refractivity contribution in [2.24, 2.45) is 0 Å². The first kappa shape index (κ1) is 17.6. The predicted molar refractivity (Wildman–Crippen MR) is 108 cm³/mol. The van der Waals surface area contributed by atoms with E-state index in [2.05, 4.69) is 47.8 Å². The van der Waals surface area contributed by atoms with Gasteiger partial charge in [-0.15, -0.1) is 0 Å². The lowest BCUT2D eigenvalue weighted by Gasteiger charge is -2.27. The Morgan fingerprint density at radius 3 is 2.41 bits per heavy atom. The molecule has 3 aromatic rings. The number of rotatable bonds is 7. The molecule has 3 heteroatoms. The first-order valence-corrected chi connectivity index (χ1v) is 9.58. The average molecular weight is 359 g/mol. The minimum Gasteiger partial charge on any atom is -0.489 e. The number of aryl methyl sites for hydroxylation is 1. The Kier molecular flexibility index (Phi) is 5.70. The Morgan fingerprint density at radius 2 is 1.63 bits per heavy atom. The number of hydrogen-bond donors (Lipinski definition) is 1. The van der Waals surface area contributed by atoms with Crippen molar-refractivity contribution in [3.63, 3.8) is 0 Å². The molecule has 0 bridgehead atoms. The molecule has 0 aliphatic carbocycles. The van der Waals surface area contributed by atoms with Gasteiger partial charge in [0.15, 0.2) is 0 Å². The standard InChI is InChI=1S/C24H25NO2/c1-3-7-19(8-4-1)16-25-17-23-14-12-21-11-13-22(15-24(21)27-23)26-18-20-9-5-2-6-10-20/h1-11,13,15,23,25H,12,14,16-18H2/t23-/m1/s1. The topological polar surface area (TPSA) is 30.5 Å². The van der Waals surface area contributed by atoms with Gasteiger partial charge in [-0.25, -0.2) is 0 Å². The highest BCUT2D eigenvalue weighted by molar-refractivity contribution is 5.42. The molecule has 0 spiro atoms. The highest BCUT2D eigenvalue weighted by atomic mass is 16.5. The second-order valence-corrected chi connectivity index (χ2v) is 6.94. The maximum Gasteiger partial charge on any atom is 0.126 e. The van der Waals surface area contributed by atoms with Gasteiger partial charge in [-0.2, -0.15) is 0 Å². The summed E-state index contributed by atoms with van der Waals surface area (Å²) < 4.78 is 12.2. The molecule has 1 N–H and O–H groups in total. The van der Waals surface area contributed by atoms with E-state index in [0.29, 0.717) is 6.61 Å². The van der Waals surface area contributed by atoms with Crippen LogP contribution >= 0.6 is 0 Å². The quantitative estimate of drug-likeness (QED) is 0.660. The monoisotopic (exact) mass is 359 g/mol. The molecular formula is C24H25NO2. The average Bonchev–Trinajstić information content (AvgIpc) is 2.73. The molecule has 3 nitrogen and oxygen atoms in total. The molecule has 0 fully saturated rings. The molecule has 1 aliphatic rings. The lowest BCUT2D eigenvalue weighted by molar-refractivity contribution is 0.169. The third kappa shape index (κ3) is 4.89. The second kappa shape index (κ2) is 8.74. The van der Waals surface area contributed by atoms with Crippen LogP contribution in [0.25, 0.3) is 0 Å². The molecule has 0 saturated carbocycles. The van der Waals surface area contributed by atoms with Crippen LogP contribution in [0.15, 0.2) is 78.9 Å². The van der Waals surface area contributed by atoms with Crippen molar-refractivity contribution in [3.8, 4) is 11.5 Å². The lowest BCUT2D eigenvalue weighted by Crippen LogP contribution is -2.33. The van der Waals surface area contributed by atoms with Crippen LogP contribution in [0.5, 0.6) is 11.5 Å². The molecule has 0 amide bonds. The maximum absolute atomic E-state index is 6.22. The fraction of sp³-hybridized carbons (Fsp3) is 0.250. The molecule has 0 aromatic heterocycles. The Balaban J connectivity index is 1.31. The van der Waals surface area contributed by atoms with E-state index in [1.807, 2.05) is 36.4 Å². The highest BCUT2D eigenvalue weighted by Gasteiger charge is 2.20. The highest BCUT2D eigenvalue weighted by Crippen LogP contribution is 2.31. The van der Waals surface area contributed by atoms with Gasteiger partial charge in [0, 0.05) is 19.2 Å². The van der Waals surface area contributed by atoms with Crippen molar-refractivity contribution in [2.45, 2.75) is 32.1 Å². The van der Waals surface area contributed by atoms with Crippen LogP contribution in [0, 0.1) is 0 Å². The molecule has 1 atom stereocenters. The summed E-state index contributed by atoms with van der Waals surface area (Å²) >= 11 is 0. The summed E-state index contributed by atoms with van der Waals surface area (Å²) in [4.78, 5) is 0. The van der Waals surface area contributed by atoms with Gasteiger partial charge >= 0.3 is 0 Å². The molecule has 0 radical (unpaired) electrons. The van der Waals surface area contributed by atoms with Gasteiger partial charge in [-0.05, 0) is 35.6 Å². The first-order valence-electron chi connectivity index (χ1n) is 9.58. The van der Waals surface area contributed by atoms with Crippen molar-refractivity contribution in [3.05, 3.63) is 95.6 Å². The normalized spacial score (nSPS) is 15.6. The summed E-state index contributed by atoms with van der Waals surface area (Å²) in [5.74, 6) is 1.81. The van der Waals surface area contributed by atoms with Crippen molar-refractivity contribution in [2.75, 3.05) is 6.54 Å². The van der Waals surface area contributed by atoms with Crippen LogP contribution in [-0.4, -0.2) is 12.6 Å². The summed E-state index contributed by atoms with van der Waals surface area (Å²) in [6, 6.07) is 26.9. The van der Waals surface area contributed by atoms with Crippen molar-refractivity contribution < 1.29 is 9.47 Å². The van der Waals surface area contributed by atoms with Crippen molar-refractivity contribution >= 4 is 0 Å². The number of ether oxygens (including phenoxy) is 2. The minimum atomic E-state index is 0.200. The van der Waals surface area contributed by atoms with Crippen molar-refractivity contribution in [1.29, 1.82) is 0 Å². The van der Waals surface area contributed by atoms with E-state index in [4.69, 9.17) is 9.47 Å². The predicted octanol–water partition coefficient (Wildman–Crippen LogP) is 4.75. The number of fused-ring (bicyclic) bond motifs is 1. The molecule has 3 aromatic carbocycles. The number of benzene rings is 3. The Bertz CT molecular complexity index is 849. The van der Waals surface area contributed by atoms with E-state index < -0.39 is 0 Å². The molecule has 4 rings (SSSR count). The van der Waals surface area contributed by atoms with Crippen molar-refractivity contribution in [1.82, 2.24) is 5.32 Å². The zero-order chi connectivity index (χ0) is 18.3. The summed E-state index contributed by atoms with van der Waals surface area (Å²) in [6.07, 6.45) is 2.29. The largest absolute Gasteiger partial charge is 0.489 e. The van der Waals surface area contributed by atoms with Gasteiger partial charge in [0.1, 0.15) is 24.2 Å². The van der Waals surface area contributed by atoms with Crippen LogP contribution in [-0.2, 0) is 19.6 Å². The third-order valence-electron chi connectivity index (χ3n) is 4.86. The molecule has 0 unspecified atom stereocenters. The molecule has 27 heavy (non-hydrogen) atoms. The van der Waals surface area contributed by atoms with E-state index in [9.17, 15) is 0 Å². The van der Waals surface area contributed by atoms with Gasteiger partial charge < -0.3 is 14.8 Å². The molecule has 1 heterocycles. The van der Waals surface area contributed by atoms with E-state index in [1.165, 1.54) is 16.7 Å². The van der Waals surface area contributed by atoms with Gasteiger partial charge in [-0.1, -0.05) is 66.7 Å². The van der Waals surface area contributed by atoms with Gasteiger partial charge in [-0.3, -0.25) is 0 Å². The molecule has 1 aliphatic heterocycles. The SMILES string of the molecule is c1ccc(CNC[C@H]2CCc3ccc(OCc4ccccc4)cc3O2)cc1. The third-order valence-corrected chi connectivity index (χ3v) is 4.86. The summed E-state index contributed by atoms with van der Waals surface area (Å²) in [5, 5.41) is 3.51. The maximum atomic E-state index is 6.22. The summed E-state index contributed by atoms with van der Waals surface area (Å²) in [7, 11) is 0. The van der Waals surface area contributed by atoms with Crippen LogP contribution < -0.4 is 14.8 Å². The Morgan fingerprint density at radius 1 is 0.889 bits per heavy atom. The Hall–Kier alpha value is -2.78. The molecule has 0 saturated heterocycles. The molecule has 138 valence electrons. The lowest BCUT2D eigenvalue weighted by atomic mass is 10.0. The zero-order valence-electron chi connectivity index (χ0n) is 15.4. The summed E-state index contributed by atoms with van der Waals surface area (Å²) in [5.41, 5.74) is 3.73. The number of hydrogen-bond acceptors (Lipinski definition) is 3. The summed E-state index contributed by atoms with van der Waals surface area (Å²) in [6.45, 7) is 2.29. The van der Waals surface area contributed by atoms with Crippen LogP contribution in [0.2, 0.25) is 0 Å². The van der Waals surface area contributed by atoms with E-state index in [0.717, 1.165) is 37.4 Å². The fourth-order valence-electron chi connectivity index (χ4n) is 3.35. The second-order valence-electron chi connectivity index (χ2n) is 6.94. The van der Waals surface area contributed by atoms with Crippen LogP contribution in [0.4, 0.5) is 0 Å². The zero-order valence-corrected chi connectivity index (χ0v) is 15.4. The Labute approximate surface area is 161 Å². The van der Waals surface area contributed by atoms with Gasteiger partial charge in [0.2, 0.25) is 0 Å². The first-order chi connectivity index (χ1) is 13.4. The van der Waals surface area contributed by atoms with Gasteiger partial charge in [0.25, 0.3) is 0 Å². The van der Waals surface area contributed by atoms with Crippen LogP contribution in [0.3, 0.4) is 0 Å². The van der Waals surface area contributed by atoms with E-state index in [-0.39, 0.29) is 6.10 Å². The van der Waals surface area contributed by atoms with E-state index in [1.54, 1.807) is 0 Å². The van der Waals surface area contributed by atoms with E-state index >= 15 is 0 Å². The molecular weight excluding hydrogens is 334 g/mol. The van der Waals surface area contributed by atoms with Crippen LogP contribution in [0.1, 0.15) is 23.1 Å². The van der Waals surface area contributed by atoms with Gasteiger partial charge in [0.05, 0.1) is 0 Å². The number of nitrogens with one attached hydrogen (secondary N) is 1. The smallest absolute Gasteiger partial charge is 0.126 e. The fourth-order valence-corrected chi connectivity index (χ4v) is 3.35.